The number of halogens is 3. The Kier molecular flexibility index (Phi) is 20.5. The minimum atomic E-state index is -4.53. The van der Waals surface area contributed by atoms with E-state index >= 15 is 0 Å². The Labute approximate surface area is 378 Å². The summed E-state index contributed by atoms with van der Waals surface area (Å²) in [6.07, 6.45) is -6.08. The molecular formula is C47H76F3N5O9. The number of benzene rings is 1. The Hall–Kier alpha value is -3.42. The Morgan fingerprint density at radius 3 is 2.30 bits per heavy atom. The molecule has 5 unspecified atom stereocenters. The number of carbonyl (C=O) groups is 2. The van der Waals surface area contributed by atoms with Gasteiger partial charge in [0.05, 0.1) is 47.1 Å². The Bertz CT molecular complexity index is 1780. The second-order valence-electron chi connectivity index (χ2n) is 18.7. The first-order valence-electron chi connectivity index (χ1n) is 22.6. The number of pyridine rings is 1. The molecule has 1 aliphatic rings. The number of aromatic nitrogens is 1. The van der Waals surface area contributed by atoms with Crippen LogP contribution in [0.1, 0.15) is 115 Å². The number of hydrogen-bond acceptors (Lipinski definition) is 13. The van der Waals surface area contributed by atoms with Crippen LogP contribution >= 0.6 is 0 Å². The maximum Gasteiger partial charge on any atom is 0.416 e. The van der Waals surface area contributed by atoms with Crippen molar-refractivity contribution in [3.05, 3.63) is 53.2 Å². The number of aliphatic hydroxyl groups is 4. The van der Waals surface area contributed by atoms with Gasteiger partial charge in [0.15, 0.2) is 6.29 Å². The number of nitrogens with zero attached hydrogens (tertiary/aromatic N) is 3. The standard InChI is InChI=1S/C47H76F3N5O9/c1-13-37(56)46(9,61)38(14-2)63-44(59)32(7)40(57)31(6)41(45(8,60)26-28(3)27-54(10)11)64-39-25-33(24-29(4)62-39)55(12)23-17-22-52-43(58)34-18-16-21-51-42(34)53-36-20-15-19-35(30(36)5)47(48,49)50/h15-16,18-21,28-29,31-33,37-41,56-57,60-61H,13-14,17,22-27H2,1-12H3,(H,51,53)(H,52,58)/t28-,29?,31+,32?,33?,37?,38-,39?,40+,41-,45-,46+/m1/s1. The van der Waals surface area contributed by atoms with Gasteiger partial charge in [-0.15, -0.1) is 0 Å². The molecule has 1 amide bonds. The molecule has 1 saturated heterocycles. The predicted octanol–water partition coefficient (Wildman–Crippen LogP) is 6.30. The minimum Gasteiger partial charge on any atom is -0.459 e. The smallest absolute Gasteiger partial charge is 0.416 e. The lowest BCUT2D eigenvalue weighted by molar-refractivity contribution is -0.267. The fraction of sp³-hybridized carbons (Fsp3) is 0.723. The third-order valence-electron chi connectivity index (χ3n) is 12.6. The molecule has 2 aromatic rings. The number of alkyl halides is 3. The second-order valence-corrected chi connectivity index (χ2v) is 18.7. The number of aliphatic hydroxyl groups excluding tert-OH is 2. The summed E-state index contributed by atoms with van der Waals surface area (Å²) in [6.45, 7) is 16.7. The lowest BCUT2D eigenvalue weighted by Gasteiger charge is -2.45. The molecule has 64 heavy (non-hydrogen) atoms. The number of ether oxygens (including phenoxy) is 3. The zero-order valence-corrected chi connectivity index (χ0v) is 39.9. The zero-order chi connectivity index (χ0) is 48.3. The number of rotatable bonds is 24. The van der Waals surface area contributed by atoms with Crippen LogP contribution in [0.5, 0.6) is 0 Å². The highest BCUT2D eigenvalue weighted by molar-refractivity contribution is 5.99. The summed E-state index contributed by atoms with van der Waals surface area (Å²) in [7, 11) is 5.87. The van der Waals surface area contributed by atoms with Crippen molar-refractivity contribution in [1.82, 2.24) is 20.1 Å². The lowest BCUT2D eigenvalue weighted by atomic mass is 9.78. The van der Waals surface area contributed by atoms with E-state index in [1.165, 1.54) is 39.1 Å². The van der Waals surface area contributed by atoms with Gasteiger partial charge in [-0.1, -0.05) is 33.8 Å². The van der Waals surface area contributed by atoms with Gasteiger partial charge in [0.1, 0.15) is 17.5 Å². The first-order chi connectivity index (χ1) is 29.7. The molecule has 0 aliphatic carbocycles. The van der Waals surface area contributed by atoms with Crippen molar-refractivity contribution in [3.8, 4) is 0 Å². The van der Waals surface area contributed by atoms with Gasteiger partial charge in [-0.2, -0.15) is 13.2 Å². The fourth-order valence-corrected chi connectivity index (χ4v) is 9.00. The highest BCUT2D eigenvalue weighted by atomic mass is 19.4. The van der Waals surface area contributed by atoms with Gasteiger partial charge in [-0.25, -0.2) is 4.98 Å². The highest BCUT2D eigenvalue weighted by Crippen LogP contribution is 2.37. The molecule has 6 N–H and O–H groups in total. The molecule has 1 aromatic heterocycles. The predicted molar refractivity (Wildman–Crippen MR) is 240 cm³/mol. The zero-order valence-electron chi connectivity index (χ0n) is 39.9. The number of carbonyl (C=O) groups excluding carboxylic acids is 2. The first-order valence-corrected chi connectivity index (χ1v) is 22.6. The van der Waals surface area contributed by atoms with Crippen molar-refractivity contribution in [3.63, 3.8) is 0 Å². The Morgan fingerprint density at radius 2 is 1.69 bits per heavy atom. The summed E-state index contributed by atoms with van der Waals surface area (Å²) in [5.74, 6) is -2.89. The van der Waals surface area contributed by atoms with E-state index in [9.17, 15) is 43.2 Å². The van der Waals surface area contributed by atoms with Crippen molar-refractivity contribution in [2.75, 3.05) is 46.1 Å². The van der Waals surface area contributed by atoms with Gasteiger partial charge in [0.25, 0.3) is 5.91 Å². The topological polar surface area (TPSA) is 186 Å². The molecule has 364 valence electrons. The van der Waals surface area contributed by atoms with Gasteiger partial charge in [0, 0.05) is 43.4 Å². The molecular weight excluding hydrogens is 836 g/mol. The average molecular weight is 912 g/mol. The van der Waals surface area contributed by atoms with Crippen LogP contribution in [0.2, 0.25) is 0 Å². The summed E-state index contributed by atoms with van der Waals surface area (Å²) in [5.41, 5.74) is -3.60. The molecule has 3 rings (SSSR count). The van der Waals surface area contributed by atoms with Gasteiger partial charge < -0.3 is 55.1 Å². The van der Waals surface area contributed by atoms with E-state index in [4.69, 9.17) is 14.2 Å². The van der Waals surface area contributed by atoms with Gasteiger partial charge in [0.2, 0.25) is 0 Å². The molecule has 0 radical (unpaired) electrons. The number of esters is 1. The van der Waals surface area contributed by atoms with Gasteiger partial charge in [-0.3, -0.25) is 9.59 Å². The number of nitrogens with one attached hydrogen (secondary N) is 2. The Balaban J connectivity index is 1.71. The van der Waals surface area contributed by atoms with Crippen molar-refractivity contribution < 1.29 is 57.4 Å². The summed E-state index contributed by atoms with van der Waals surface area (Å²) in [6, 6.07) is 6.92. The lowest BCUT2D eigenvalue weighted by Crippen LogP contribution is -2.55. The van der Waals surface area contributed by atoms with E-state index in [1.54, 1.807) is 39.8 Å². The molecule has 14 nitrogen and oxygen atoms in total. The number of anilines is 2. The third kappa shape index (κ3) is 15.1. The maximum atomic E-state index is 13.5. The number of hydrogen-bond donors (Lipinski definition) is 6. The van der Waals surface area contributed by atoms with E-state index < -0.39 is 77.4 Å². The second kappa shape index (κ2) is 23.9. The SMILES string of the molecule is CCC(O)[C@](C)(O)[C@@H](CC)OC(=O)C(C)[C@@H](O)[C@H](C)[C@@H](OC1CC(N(C)CCCNC(=O)c2cccnc2Nc2cccc(C(F)(F)F)c2C)CC(C)O1)[C@](C)(O)C[C@@H](C)CN(C)C. The Morgan fingerprint density at radius 1 is 1.02 bits per heavy atom. The van der Waals surface area contributed by atoms with Crippen LogP contribution in [0, 0.1) is 24.7 Å². The van der Waals surface area contributed by atoms with Gasteiger partial charge >= 0.3 is 12.1 Å². The summed E-state index contributed by atoms with van der Waals surface area (Å²) in [5, 5.41) is 51.2. The van der Waals surface area contributed by atoms with Crippen LogP contribution in [0.25, 0.3) is 0 Å². The third-order valence-corrected chi connectivity index (χ3v) is 12.6. The molecule has 0 saturated carbocycles. The molecule has 1 fully saturated rings. The number of amides is 1. The van der Waals surface area contributed by atoms with Crippen molar-refractivity contribution in [2.45, 2.75) is 161 Å². The van der Waals surface area contributed by atoms with Crippen molar-refractivity contribution in [2.24, 2.45) is 17.8 Å². The molecule has 1 aliphatic heterocycles. The molecule has 17 heteroatoms. The van der Waals surface area contributed by atoms with Crippen LogP contribution < -0.4 is 10.6 Å². The molecule has 0 spiro atoms. The van der Waals surface area contributed by atoms with Crippen LogP contribution in [-0.2, 0) is 25.2 Å². The van der Waals surface area contributed by atoms with Crippen molar-refractivity contribution >= 4 is 23.4 Å². The molecule has 0 bridgehead atoms. The minimum absolute atomic E-state index is 0.0120. The quantitative estimate of drug-likeness (QED) is 0.0510. The summed E-state index contributed by atoms with van der Waals surface area (Å²) >= 11 is 0. The first kappa shape index (κ1) is 54.9. The van der Waals surface area contributed by atoms with E-state index in [0.29, 0.717) is 45.3 Å². The molecule has 1 aromatic carbocycles. The van der Waals surface area contributed by atoms with Crippen LogP contribution in [0.4, 0.5) is 24.7 Å². The van der Waals surface area contributed by atoms with E-state index in [1.807, 2.05) is 39.9 Å². The maximum absolute atomic E-state index is 13.5. The highest BCUT2D eigenvalue weighted by Gasteiger charge is 2.47. The van der Waals surface area contributed by atoms with Crippen LogP contribution in [-0.4, -0.2) is 142 Å². The summed E-state index contributed by atoms with van der Waals surface area (Å²) < 4.78 is 59.4. The molecule has 12 atom stereocenters. The fourth-order valence-electron chi connectivity index (χ4n) is 9.00. The van der Waals surface area contributed by atoms with Gasteiger partial charge in [-0.05, 0) is 130 Å². The van der Waals surface area contributed by atoms with Crippen molar-refractivity contribution in [1.29, 1.82) is 0 Å². The molecule has 2 heterocycles. The van der Waals surface area contributed by atoms with E-state index in [0.717, 1.165) is 6.07 Å². The normalized spacial score (nSPS) is 22.4. The van der Waals surface area contributed by atoms with Crippen LogP contribution in [0.3, 0.4) is 0 Å². The monoisotopic (exact) mass is 912 g/mol. The van der Waals surface area contributed by atoms with Crippen LogP contribution in [0.15, 0.2) is 36.5 Å². The van der Waals surface area contributed by atoms with E-state index in [2.05, 4.69) is 20.5 Å². The summed E-state index contributed by atoms with van der Waals surface area (Å²) in [4.78, 5) is 35.2. The van der Waals surface area contributed by atoms with E-state index in [-0.39, 0.29) is 53.5 Å². The largest absolute Gasteiger partial charge is 0.459 e. The average Bonchev–Trinajstić information content (AvgIpc) is 3.21.